The molecule has 6 nitrogen and oxygen atoms in total. The third-order valence-electron chi connectivity index (χ3n) is 2.71. The highest BCUT2D eigenvalue weighted by molar-refractivity contribution is 7.90. The lowest BCUT2D eigenvalue weighted by atomic mass is 10.1. The summed E-state index contributed by atoms with van der Waals surface area (Å²) in [6, 6.07) is 6.13. The maximum Gasteiger partial charge on any atom is 0.175 e. The van der Waals surface area contributed by atoms with Crippen LogP contribution in [0.2, 0.25) is 0 Å². The smallest absolute Gasteiger partial charge is 0.175 e. The molecule has 2 N–H and O–H groups in total. The molecule has 7 heteroatoms. The number of aryl methyl sites for hydroxylation is 1. The third kappa shape index (κ3) is 2.41. The quantitative estimate of drug-likeness (QED) is 0.861. The van der Waals surface area contributed by atoms with E-state index in [1.807, 2.05) is 0 Å². The second kappa shape index (κ2) is 4.51. The van der Waals surface area contributed by atoms with Crippen LogP contribution in [0.3, 0.4) is 0 Å². The summed E-state index contributed by atoms with van der Waals surface area (Å²) >= 11 is 0. The maximum absolute atomic E-state index is 11.5. The van der Waals surface area contributed by atoms with Crippen LogP contribution < -0.4 is 5.73 Å². The van der Waals surface area contributed by atoms with Crippen LogP contribution in [0.15, 0.2) is 35.4 Å². The van der Waals surface area contributed by atoms with Gasteiger partial charge in [-0.05, 0) is 17.7 Å². The Balaban J connectivity index is 2.44. The van der Waals surface area contributed by atoms with Gasteiger partial charge in [0.1, 0.15) is 0 Å². The van der Waals surface area contributed by atoms with Crippen molar-refractivity contribution in [1.82, 2.24) is 15.0 Å². The van der Waals surface area contributed by atoms with E-state index >= 15 is 0 Å². The van der Waals surface area contributed by atoms with Gasteiger partial charge in [-0.2, -0.15) is 0 Å². The van der Waals surface area contributed by atoms with Crippen LogP contribution in [0, 0.1) is 0 Å². The Morgan fingerprint density at radius 1 is 1.39 bits per heavy atom. The number of hydrogen-bond acceptors (Lipinski definition) is 5. The minimum atomic E-state index is -3.23. The monoisotopic (exact) mass is 266 g/mol. The van der Waals surface area contributed by atoms with Gasteiger partial charge in [0, 0.05) is 13.3 Å². The molecule has 2 rings (SSSR count). The molecule has 0 spiro atoms. The molecule has 0 aliphatic rings. The van der Waals surface area contributed by atoms with Gasteiger partial charge in [-0.25, -0.2) is 8.42 Å². The molecule has 1 unspecified atom stereocenters. The summed E-state index contributed by atoms with van der Waals surface area (Å²) in [7, 11) is -1.49. The lowest BCUT2D eigenvalue weighted by Crippen LogP contribution is -2.16. The Hall–Kier alpha value is -1.73. The summed E-state index contributed by atoms with van der Waals surface area (Å²) in [5.74, 6) is 0. The highest BCUT2D eigenvalue weighted by Crippen LogP contribution is 2.20. The predicted molar refractivity (Wildman–Crippen MR) is 66.6 cm³/mol. The number of hydrogen-bond donors (Lipinski definition) is 1. The molecule has 1 aromatic carbocycles. The fraction of sp³-hybridized carbons (Fsp3) is 0.273. The fourth-order valence-electron chi connectivity index (χ4n) is 1.69. The van der Waals surface area contributed by atoms with Crippen LogP contribution >= 0.6 is 0 Å². The van der Waals surface area contributed by atoms with Crippen molar-refractivity contribution in [2.75, 3.05) is 6.26 Å². The van der Waals surface area contributed by atoms with Gasteiger partial charge in [-0.1, -0.05) is 17.3 Å². The van der Waals surface area contributed by atoms with Crippen LogP contribution in [0.5, 0.6) is 0 Å². The molecule has 0 aliphatic carbocycles. The molecule has 18 heavy (non-hydrogen) atoms. The molecule has 0 saturated heterocycles. The molecule has 1 atom stereocenters. The minimum Gasteiger partial charge on any atom is -0.319 e. The topological polar surface area (TPSA) is 90.9 Å². The van der Waals surface area contributed by atoms with Crippen LogP contribution in [0.25, 0.3) is 0 Å². The molecule has 0 aliphatic heterocycles. The zero-order chi connectivity index (χ0) is 13.3. The van der Waals surface area contributed by atoms with E-state index in [1.54, 1.807) is 42.2 Å². The maximum atomic E-state index is 11.5. The molecule has 0 fully saturated rings. The van der Waals surface area contributed by atoms with E-state index in [-0.39, 0.29) is 4.90 Å². The van der Waals surface area contributed by atoms with Crippen molar-refractivity contribution in [3.8, 4) is 0 Å². The van der Waals surface area contributed by atoms with E-state index in [0.717, 1.165) is 5.69 Å². The minimum absolute atomic E-state index is 0.255. The predicted octanol–water partition coefficient (Wildman–Crippen LogP) is 0.267. The van der Waals surface area contributed by atoms with Gasteiger partial charge in [-0.3, -0.25) is 4.68 Å². The average molecular weight is 266 g/mol. The summed E-state index contributed by atoms with van der Waals surface area (Å²) < 4.78 is 24.5. The summed E-state index contributed by atoms with van der Waals surface area (Å²) in [6.45, 7) is 0. The lowest BCUT2D eigenvalue weighted by molar-refractivity contribution is 0.601. The molecule has 2 aromatic rings. The van der Waals surface area contributed by atoms with E-state index in [0.29, 0.717) is 5.56 Å². The van der Waals surface area contributed by atoms with Gasteiger partial charge in [0.2, 0.25) is 0 Å². The average Bonchev–Trinajstić information content (AvgIpc) is 2.73. The standard InChI is InChI=1S/C11H14N4O2S/c1-15-10(7-13-14-15)11(12)8-4-3-5-9(6-8)18(2,16)17/h3-7,11H,12H2,1-2H3. The third-order valence-corrected chi connectivity index (χ3v) is 3.82. The van der Waals surface area contributed by atoms with E-state index in [1.165, 1.54) is 6.26 Å². The fourth-order valence-corrected chi connectivity index (χ4v) is 2.36. The molecular weight excluding hydrogens is 252 g/mol. The molecule has 1 heterocycles. The number of aromatic nitrogens is 3. The number of benzene rings is 1. The first-order valence-electron chi connectivity index (χ1n) is 5.30. The highest BCUT2D eigenvalue weighted by atomic mass is 32.2. The first-order valence-corrected chi connectivity index (χ1v) is 7.19. The van der Waals surface area contributed by atoms with Crippen LogP contribution in [0.1, 0.15) is 17.3 Å². The summed E-state index contributed by atoms with van der Waals surface area (Å²) in [5.41, 5.74) is 7.51. The van der Waals surface area contributed by atoms with Crippen LogP contribution in [0.4, 0.5) is 0 Å². The Morgan fingerprint density at radius 3 is 2.67 bits per heavy atom. The summed E-state index contributed by atoms with van der Waals surface area (Å²) in [4.78, 5) is 0.255. The van der Waals surface area contributed by atoms with Crippen molar-refractivity contribution < 1.29 is 8.42 Å². The Labute approximate surface area is 105 Å². The van der Waals surface area contributed by atoms with Crippen molar-refractivity contribution in [2.45, 2.75) is 10.9 Å². The normalized spacial score (nSPS) is 13.5. The van der Waals surface area contributed by atoms with Gasteiger partial charge in [0.25, 0.3) is 0 Å². The largest absolute Gasteiger partial charge is 0.319 e. The molecule has 0 saturated carbocycles. The zero-order valence-corrected chi connectivity index (χ0v) is 10.9. The second-order valence-electron chi connectivity index (χ2n) is 4.10. The first kappa shape index (κ1) is 12.7. The summed E-state index contributed by atoms with van der Waals surface area (Å²) in [5, 5.41) is 7.56. The summed E-state index contributed by atoms with van der Waals surface area (Å²) in [6.07, 6.45) is 2.74. The molecule has 0 radical (unpaired) electrons. The Morgan fingerprint density at radius 2 is 2.11 bits per heavy atom. The van der Waals surface area contributed by atoms with Crippen molar-refractivity contribution in [1.29, 1.82) is 0 Å². The Kier molecular flexibility index (Phi) is 3.18. The molecule has 0 amide bonds. The van der Waals surface area contributed by atoms with Gasteiger partial charge in [0.05, 0.1) is 22.8 Å². The van der Waals surface area contributed by atoms with Crippen molar-refractivity contribution in [3.63, 3.8) is 0 Å². The molecular formula is C11H14N4O2S. The Bertz CT molecular complexity index is 663. The lowest BCUT2D eigenvalue weighted by Gasteiger charge is -2.12. The number of nitrogens with two attached hydrogens (primary N) is 1. The van der Waals surface area contributed by atoms with E-state index in [9.17, 15) is 8.42 Å². The number of nitrogens with zero attached hydrogens (tertiary/aromatic N) is 3. The van der Waals surface area contributed by atoms with Crippen molar-refractivity contribution >= 4 is 9.84 Å². The first-order chi connectivity index (χ1) is 8.39. The van der Waals surface area contributed by atoms with Crippen molar-refractivity contribution in [2.24, 2.45) is 12.8 Å². The van der Waals surface area contributed by atoms with E-state index in [2.05, 4.69) is 10.3 Å². The second-order valence-corrected chi connectivity index (χ2v) is 6.12. The number of sulfone groups is 1. The van der Waals surface area contributed by atoms with Gasteiger partial charge < -0.3 is 5.73 Å². The van der Waals surface area contributed by atoms with Crippen LogP contribution in [-0.2, 0) is 16.9 Å². The number of rotatable bonds is 3. The van der Waals surface area contributed by atoms with Gasteiger partial charge in [-0.15, -0.1) is 5.10 Å². The molecule has 0 bridgehead atoms. The van der Waals surface area contributed by atoms with Gasteiger partial charge >= 0.3 is 0 Å². The SMILES string of the molecule is Cn1nncc1C(N)c1cccc(S(C)(=O)=O)c1. The highest BCUT2D eigenvalue weighted by Gasteiger charge is 2.15. The zero-order valence-electron chi connectivity index (χ0n) is 10.1. The van der Waals surface area contributed by atoms with Gasteiger partial charge in [0.15, 0.2) is 9.84 Å². The van der Waals surface area contributed by atoms with E-state index < -0.39 is 15.9 Å². The molecule has 1 aromatic heterocycles. The van der Waals surface area contributed by atoms with Crippen molar-refractivity contribution in [3.05, 3.63) is 41.7 Å². The van der Waals surface area contributed by atoms with E-state index in [4.69, 9.17) is 5.73 Å². The molecule has 96 valence electrons. The van der Waals surface area contributed by atoms with Crippen LogP contribution in [-0.4, -0.2) is 29.7 Å².